The molecule has 0 unspecified atom stereocenters. The Morgan fingerprint density at radius 3 is 2.61 bits per heavy atom. The average Bonchev–Trinajstić information content (AvgIpc) is 3.03. The first-order valence-electron chi connectivity index (χ1n) is 5.40. The van der Waals surface area contributed by atoms with Crippen LogP contribution in [-0.2, 0) is 13.8 Å². The van der Waals surface area contributed by atoms with Crippen molar-refractivity contribution in [2.24, 2.45) is 5.92 Å². The molecule has 0 heterocycles. The Hall–Kier alpha value is -0.590. The molecule has 0 bridgehead atoms. The zero-order valence-corrected chi connectivity index (χ0v) is 12.5. The number of carbonyl (C=O) groups is 1. The molecular formula is C11H11BrClNO3S. The number of nitrogens with one attached hydrogen (secondary N) is 1. The van der Waals surface area contributed by atoms with Gasteiger partial charge in [-0.05, 0) is 52.9 Å². The molecule has 2 rings (SSSR count). The van der Waals surface area contributed by atoms with Crippen LogP contribution in [0.2, 0.25) is 0 Å². The van der Waals surface area contributed by atoms with E-state index in [0.29, 0.717) is 22.5 Å². The minimum absolute atomic E-state index is 0.00349. The summed E-state index contributed by atoms with van der Waals surface area (Å²) in [5, 5.41) is 2.74. The van der Waals surface area contributed by atoms with Gasteiger partial charge in [-0.2, -0.15) is 0 Å². The number of hydrogen-bond donors (Lipinski definition) is 1. The number of halogens is 2. The van der Waals surface area contributed by atoms with Crippen molar-refractivity contribution in [2.75, 3.05) is 5.32 Å². The first-order valence-corrected chi connectivity index (χ1v) is 8.50. The van der Waals surface area contributed by atoms with Crippen molar-refractivity contribution in [2.45, 2.75) is 24.2 Å². The predicted octanol–water partition coefficient (Wildman–Crippen LogP) is 3.12. The maximum Gasteiger partial charge on any atom is 0.261 e. The molecule has 7 heteroatoms. The summed E-state index contributed by atoms with van der Waals surface area (Å²) in [6.07, 6.45) is 2.73. The van der Waals surface area contributed by atoms with Crippen LogP contribution in [0.4, 0.5) is 5.69 Å². The van der Waals surface area contributed by atoms with Gasteiger partial charge in [-0.3, -0.25) is 4.79 Å². The van der Waals surface area contributed by atoms with E-state index in [1.54, 1.807) is 0 Å². The summed E-state index contributed by atoms with van der Waals surface area (Å²) in [6, 6.07) is 4.25. The molecule has 0 radical (unpaired) electrons. The quantitative estimate of drug-likeness (QED) is 0.847. The van der Waals surface area contributed by atoms with Gasteiger partial charge in [0.25, 0.3) is 9.05 Å². The van der Waals surface area contributed by atoms with E-state index in [1.807, 2.05) is 0 Å². The summed E-state index contributed by atoms with van der Waals surface area (Å²) < 4.78 is 22.8. The second-order valence-electron chi connectivity index (χ2n) is 4.28. The van der Waals surface area contributed by atoms with E-state index in [1.165, 1.54) is 18.2 Å². The Balaban J connectivity index is 2.11. The van der Waals surface area contributed by atoms with Crippen LogP contribution >= 0.6 is 26.6 Å². The Bertz CT molecular complexity index is 584. The third-order valence-corrected chi connectivity index (χ3v) is 4.67. The van der Waals surface area contributed by atoms with Crippen LogP contribution in [0, 0.1) is 5.92 Å². The van der Waals surface area contributed by atoms with E-state index in [-0.39, 0.29) is 10.8 Å². The molecule has 1 aromatic rings. The maximum atomic E-state index is 11.6. The molecule has 1 N–H and O–H groups in total. The van der Waals surface area contributed by atoms with Gasteiger partial charge in [-0.1, -0.05) is 0 Å². The average molecular weight is 353 g/mol. The highest BCUT2D eigenvalue weighted by Crippen LogP contribution is 2.33. The van der Waals surface area contributed by atoms with Crippen molar-refractivity contribution in [3.8, 4) is 0 Å². The van der Waals surface area contributed by atoms with Gasteiger partial charge in [0.1, 0.15) is 0 Å². The molecule has 0 aliphatic heterocycles. The second-order valence-corrected chi connectivity index (χ2v) is 7.70. The molecule has 1 aliphatic carbocycles. The summed E-state index contributed by atoms with van der Waals surface area (Å²) in [6.45, 7) is 0. The molecule has 0 aromatic heterocycles. The fraction of sp³-hybridized carbons (Fsp3) is 0.364. The molecule has 1 fully saturated rings. The second kappa shape index (κ2) is 5.19. The minimum atomic E-state index is -3.75. The van der Waals surface area contributed by atoms with Crippen LogP contribution < -0.4 is 5.32 Å². The molecular weight excluding hydrogens is 342 g/mol. The highest BCUT2D eigenvalue weighted by molar-refractivity contribution is 9.10. The third kappa shape index (κ3) is 3.70. The standard InChI is InChI=1S/C11H11BrClNO3S/c12-9-6-8(18(13,16)17)3-4-10(9)14-11(15)5-7-1-2-7/h3-4,6-7H,1-2,5H2,(H,14,15). The van der Waals surface area contributed by atoms with E-state index >= 15 is 0 Å². The van der Waals surface area contributed by atoms with Gasteiger partial charge in [0.15, 0.2) is 0 Å². The zero-order chi connectivity index (χ0) is 13.3. The van der Waals surface area contributed by atoms with Crippen LogP contribution in [0.15, 0.2) is 27.6 Å². The summed E-state index contributed by atoms with van der Waals surface area (Å²) in [4.78, 5) is 11.6. The molecule has 1 aliphatic rings. The molecule has 0 atom stereocenters. The molecule has 0 saturated heterocycles. The molecule has 1 saturated carbocycles. The van der Waals surface area contributed by atoms with Crippen LogP contribution in [0.5, 0.6) is 0 Å². The summed E-state index contributed by atoms with van der Waals surface area (Å²) in [7, 11) is 1.48. The lowest BCUT2D eigenvalue weighted by Gasteiger charge is -2.08. The van der Waals surface area contributed by atoms with Gasteiger partial charge in [0, 0.05) is 21.6 Å². The molecule has 18 heavy (non-hydrogen) atoms. The largest absolute Gasteiger partial charge is 0.325 e. The number of benzene rings is 1. The van der Waals surface area contributed by atoms with E-state index < -0.39 is 9.05 Å². The highest BCUT2D eigenvalue weighted by Gasteiger charge is 2.24. The monoisotopic (exact) mass is 351 g/mol. The fourth-order valence-electron chi connectivity index (χ4n) is 1.53. The van der Waals surface area contributed by atoms with Crippen molar-refractivity contribution in [3.05, 3.63) is 22.7 Å². The van der Waals surface area contributed by atoms with E-state index in [0.717, 1.165) is 12.8 Å². The van der Waals surface area contributed by atoms with Gasteiger partial charge < -0.3 is 5.32 Å². The van der Waals surface area contributed by atoms with Gasteiger partial charge in [0.2, 0.25) is 5.91 Å². The van der Waals surface area contributed by atoms with Crippen molar-refractivity contribution >= 4 is 47.3 Å². The molecule has 1 amide bonds. The number of hydrogen-bond acceptors (Lipinski definition) is 3. The lowest BCUT2D eigenvalue weighted by molar-refractivity contribution is -0.116. The van der Waals surface area contributed by atoms with Gasteiger partial charge in [-0.25, -0.2) is 8.42 Å². The fourth-order valence-corrected chi connectivity index (χ4v) is 2.94. The predicted molar refractivity (Wildman–Crippen MR) is 73.2 cm³/mol. The zero-order valence-electron chi connectivity index (χ0n) is 9.32. The Morgan fingerprint density at radius 1 is 1.44 bits per heavy atom. The van der Waals surface area contributed by atoms with Crippen LogP contribution in [0.1, 0.15) is 19.3 Å². The first-order chi connectivity index (χ1) is 8.36. The normalized spacial score (nSPS) is 15.4. The van der Waals surface area contributed by atoms with Crippen molar-refractivity contribution in [3.63, 3.8) is 0 Å². The molecule has 0 spiro atoms. The van der Waals surface area contributed by atoms with Crippen molar-refractivity contribution in [1.82, 2.24) is 0 Å². The molecule has 98 valence electrons. The van der Waals surface area contributed by atoms with E-state index in [4.69, 9.17) is 10.7 Å². The summed E-state index contributed by atoms with van der Waals surface area (Å²) in [5.74, 6) is 0.450. The Labute approximate surface area is 118 Å². The van der Waals surface area contributed by atoms with Crippen molar-refractivity contribution < 1.29 is 13.2 Å². The minimum Gasteiger partial charge on any atom is -0.325 e. The third-order valence-electron chi connectivity index (χ3n) is 2.67. The van der Waals surface area contributed by atoms with Gasteiger partial charge in [0.05, 0.1) is 10.6 Å². The Kier molecular flexibility index (Phi) is 3.99. The number of rotatable bonds is 4. The smallest absolute Gasteiger partial charge is 0.261 e. The van der Waals surface area contributed by atoms with Gasteiger partial charge >= 0.3 is 0 Å². The maximum absolute atomic E-state index is 11.6. The van der Waals surface area contributed by atoms with E-state index in [9.17, 15) is 13.2 Å². The number of anilines is 1. The van der Waals surface area contributed by atoms with Crippen LogP contribution in [0.3, 0.4) is 0 Å². The Morgan fingerprint density at radius 2 is 2.11 bits per heavy atom. The SMILES string of the molecule is O=C(CC1CC1)Nc1ccc(S(=O)(=O)Cl)cc1Br. The summed E-state index contributed by atoms with van der Waals surface area (Å²) >= 11 is 3.21. The lowest BCUT2D eigenvalue weighted by atomic mass is 10.2. The van der Waals surface area contributed by atoms with Crippen molar-refractivity contribution in [1.29, 1.82) is 0 Å². The molecule has 4 nitrogen and oxygen atoms in total. The van der Waals surface area contributed by atoms with Crippen LogP contribution in [-0.4, -0.2) is 14.3 Å². The van der Waals surface area contributed by atoms with Gasteiger partial charge in [-0.15, -0.1) is 0 Å². The van der Waals surface area contributed by atoms with E-state index in [2.05, 4.69) is 21.2 Å². The highest BCUT2D eigenvalue weighted by atomic mass is 79.9. The number of amides is 1. The molecule has 1 aromatic carbocycles. The topological polar surface area (TPSA) is 63.2 Å². The summed E-state index contributed by atoms with van der Waals surface area (Å²) in [5.41, 5.74) is 0.546. The lowest BCUT2D eigenvalue weighted by Crippen LogP contribution is -2.12. The number of carbonyl (C=O) groups excluding carboxylic acids is 1. The first kappa shape index (κ1) is 13.8. The van der Waals surface area contributed by atoms with Crippen LogP contribution in [0.25, 0.3) is 0 Å².